The number of carbonyl (C=O) groups is 2. The van der Waals surface area contributed by atoms with Crippen LogP contribution in [0, 0.1) is 0 Å². The van der Waals surface area contributed by atoms with E-state index in [1.54, 1.807) is 0 Å². The summed E-state index contributed by atoms with van der Waals surface area (Å²) in [6, 6.07) is 19.0. The number of carbonyl (C=O) groups excluding carboxylic acids is 2. The van der Waals surface area contributed by atoms with E-state index in [1.807, 2.05) is 60.7 Å². The number of methoxy groups -OCH3 is 2. The molecule has 0 fully saturated rings. The second kappa shape index (κ2) is 7.70. The summed E-state index contributed by atoms with van der Waals surface area (Å²) in [5.74, 6) is -0.963. The monoisotopic (exact) mass is 349 g/mol. The van der Waals surface area contributed by atoms with Crippen molar-refractivity contribution in [1.29, 1.82) is 0 Å². The Balaban J connectivity index is 2.15. The molecule has 0 atom stereocenters. The first-order chi connectivity index (χ1) is 12.7. The topological polar surface area (TPSA) is 64.6 Å². The molecule has 0 unspecified atom stereocenters. The Labute approximate surface area is 151 Å². The third kappa shape index (κ3) is 3.37. The molecule has 26 heavy (non-hydrogen) atoms. The third-order valence-electron chi connectivity index (χ3n) is 4.20. The Hall–Kier alpha value is -3.34. The second-order valence-corrected chi connectivity index (χ2v) is 5.72. The van der Waals surface area contributed by atoms with Crippen molar-refractivity contribution in [1.82, 2.24) is 5.32 Å². The molecule has 1 aliphatic rings. The van der Waals surface area contributed by atoms with E-state index in [-0.39, 0.29) is 6.42 Å². The lowest BCUT2D eigenvalue weighted by Crippen LogP contribution is -2.27. The average molecular weight is 349 g/mol. The number of hydrogen-bond acceptors (Lipinski definition) is 5. The Morgan fingerprint density at radius 2 is 1.12 bits per heavy atom. The minimum atomic E-state index is -0.482. The maximum atomic E-state index is 12.4. The summed E-state index contributed by atoms with van der Waals surface area (Å²) < 4.78 is 9.87. The number of ether oxygens (including phenoxy) is 2. The summed E-state index contributed by atoms with van der Waals surface area (Å²) in [4.78, 5) is 24.7. The van der Waals surface area contributed by atoms with Crippen LogP contribution >= 0.6 is 0 Å². The van der Waals surface area contributed by atoms with Gasteiger partial charge in [-0.25, -0.2) is 9.59 Å². The van der Waals surface area contributed by atoms with E-state index in [0.29, 0.717) is 22.5 Å². The predicted molar refractivity (Wildman–Crippen MR) is 98.5 cm³/mol. The summed E-state index contributed by atoms with van der Waals surface area (Å²) in [7, 11) is 2.65. The van der Waals surface area contributed by atoms with Gasteiger partial charge in [-0.3, -0.25) is 0 Å². The minimum Gasteiger partial charge on any atom is -0.466 e. The zero-order valence-corrected chi connectivity index (χ0v) is 14.6. The van der Waals surface area contributed by atoms with Crippen LogP contribution in [0.25, 0.3) is 11.4 Å². The molecule has 3 rings (SSSR count). The highest BCUT2D eigenvalue weighted by Gasteiger charge is 2.30. The van der Waals surface area contributed by atoms with Gasteiger partial charge in [-0.2, -0.15) is 0 Å². The smallest absolute Gasteiger partial charge is 0.336 e. The van der Waals surface area contributed by atoms with Crippen LogP contribution in [0.4, 0.5) is 0 Å². The van der Waals surface area contributed by atoms with Crippen molar-refractivity contribution < 1.29 is 19.1 Å². The highest BCUT2D eigenvalue weighted by Crippen LogP contribution is 2.34. The predicted octanol–water partition coefficient (Wildman–Crippen LogP) is 3.15. The van der Waals surface area contributed by atoms with E-state index in [1.165, 1.54) is 14.2 Å². The molecule has 0 saturated carbocycles. The van der Waals surface area contributed by atoms with Crippen LogP contribution < -0.4 is 5.32 Å². The fourth-order valence-corrected chi connectivity index (χ4v) is 2.93. The van der Waals surface area contributed by atoms with Crippen LogP contribution in [0.15, 0.2) is 71.8 Å². The standard InChI is InChI=1S/C21H19NO4/c1-25-20(23)16-13-17(21(24)26-2)19(15-11-7-4-8-12-15)22-18(16)14-9-5-3-6-10-14/h3-12,22H,13H2,1-2H3. The molecule has 1 aliphatic heterocycles. The molecule has 5 heteroatoms. The van der Waals surface area contributed by atoms with Gasteiger partial charge < -0.3 is 14.8 Å². The maximum Gasteiger partial charge on any atom is 0.336 e. The van der Waals surface area contributed by atoms with Crippen LogP contribution in [0.1, 0.15) is 17.5 Å². The lowest BCUT2D eigenvalue weighted by Gasteiger charge is -2.26. The molecule has 0 amide bonds. The van der Waals surface area contributed by atoms with E-state index in [0.717, 1.165) is 11.1 Å². The van der Waals surface area contributed by atoms with E-state index in [9.17, 15) is 9.59 Å². The molecule has 0 spiro atoms. The van der Waals surface area contributed by atoms with Crippen LogP contribution in [-0.2, 0) is 19.1 Å². The van der Waals surface area contributed by atoms with Gasteiger partial charge in [-0.15, -0.1) is 0 Å². The van der Waals surface area contributed by atoms with Gasteiger partial charge in [0.05, 0.1) is 36.8 Å². The first kappa shape index (κ1) is 17.5. The van der Waals surface area contributed by atoms with E-state index in [4.69, 9.17) is 9.47 Å². The average Bonchev–Trinajstić information content (AvgIpc) is 2.73. The van der Waals surface area contributed by atoms with Crippen LogP contribution in [-0.4, -0.2) is 26.2 Å². The van der Waals surface area contributed by atoms with Crippen molar-refractivity contribution in [3.63, 3.8) is 0 Å². The number of nitrogens with one attached hydrogen (secondary N) is 1. The molecular weight excluding hydrogens is 330 g/mol. The zero-order valence-electron chi connectivity index (χ0n) is 14.6. The van der Waals surface area contributed by atoms with Crippen molar-refractivity contribution in [3.8, 4) is 0 Å². The number of hydrogen-bond donors (Lipinski definition) is 1. The molecule has 5 nitrogen and oxygen atoms in total. The molecule has 1 heterocycles. The van der Waals surface area contributed by atoms with Crippen LogP contribution in [0.3, 0.4) is 0 Å². The quantitative estimate of drug-likeness (QED) is 0.859. The maximum absolute atomic E-state index is 12.4. The zero-order chi connectivity index (χ0) is 18.5. The van der Waals surface area contributed by atoms with Crippen molar-refractivity contribution in [2.45, 2.75) is 6.42 Å². The lowest BCUT2D eigenvalue weighted by atomic mass is 9.91. The van der Waals surface area contributed by atoms with Crippen LogP contribution in [0.5, 0.6) is 0 Å². The van der Waals surface area contributed by atoms with E-state index in [2.05, 4.69) is 5.32 Å². The van der Waals surface area contributed by atoms with E-state index < -0.39 is 11.9 Å². The highest BCUT2D eigenvalue weighted by atomic mass is 16.5. The van der Waals surface area contributed by atoms with Gasteiger partial charge in [-0.1, -0.05) is 60.7 Å². The molecule has 132 valence electrons. The van der Waals surface area contributed by atoms with Gasteiger partial charge in [0.2, 0.25) is 0 Å². The first-order valence-corrected chi connectivity index (χ1v) is 8.16. The van der Waals surface area contributed by atoms with Gasteiger partial charge in [0.15, 0.2) is 0 Å². The van der Waals surface area contributed by atoms with Crippen LogP contribution in [0.2, 0.25) is 0 Å². The Bertz CT molecular complexity index is 809. The summed E-state index contributed by atoms with van der Waals surface area (Å²) in [6.07, 6.45) is 0.126. The molecule has 0 aliphatic carbocycles. The van der Waals surface area contributed by atoms with Crippen molar-refractivity contribution in [2.24, 2.45) is 0 Å². The molecule has 1 N–H and O–H groups in total. The summed E-state index contributed by atoms with van der Waals surface area (Å²) in [5.41, 5.74) is 3.71. The lowest BCUT2D eigenvalue weighted by molar-refractivity contribution is -0.136. The molecule has 0 aromatic heterocycles. The SMILES string of the molecule is COC(=O)C1=C(c2ccccc2)NC(c2ccccc2)=C(C(=O)OC)C1. The van der Waals surface area contributed by atoms with Crippen molar-refractivity contribution in [3.05, 3.63) is 82.9 Å². The van der Waals surface area contributed by atoms with Gasteiger partial charge in [0, 0.05) is 6.42 Å². The molecule has 2 aromatic carbocycles. The van der Waals surface area contributed by atoms with Crippen molar-refractivity contribution >= 4 is 23.3 Å². The number of esters is 2. The number of benzene rings is 2. The fourth-order valence-electron chi connectivity index (χ4n) is 2.93. The Kier molecular flexibility index (Phi) is 5.17. The summed E-state index contributed by atoms with van der Waals surface area (Å²) in [5, 5.41) is 3.27. The fraction of sp³-hybridized carbons (Fsp3) is 0.143. The largest absolute Gasteiger partial charge is 0.466 e. The van der Waals surface area contributed by atoms with Gasteiger partial charge in [0.1, 0.15) is 0 Å². The molecule has 0 saturated heterocycles. The van der Waals surface area contributed by atoms with Gasteiger partial charge >= 0.3 is 11.9 Å². The Morgan fingerprint density at radius 1 is 0.731 bits per heavy atom. The van der Waals surface area contributed by atoms with Gasteiger partial charge in [0.25, 0.3) is 0 Å². The number of rotatable bonds is 4. The normalized spacial score (nSPS) is 13.9. The first-order valence-electron chi connectivity index (χ1n) is 8.16. The molecular formula is C21H19NO4. The second-order valence-electron chi connectivity index (χ2n) is 5.72. The van der Waals surface area contributed by atoms with Gasteiger partial charge in [-0.05, 0) is 11.1 Å². The van der Waals surface area contributed by atoms with Crippen molar-refractivity contribution in [2.75, 3.05) is 14.2 Å². The molecule has 2 aromatic rings. The molecule has 0 bridgehead atoms. The van der Waals surface area contributed by atoms with E-state index >= 15 is 0 Å². The Morgan fingerprint density at radius 3 is 1.46 bits per heavy atom. The summed E-state index contributed by atoms with van der Waals surface area (Å²) >= 11 is 0. The summed E-state index contributed by atoms with van der Waals surface area (Å²) in [6.45, 7) is 0. The minimum absolute atomic E-state index is 0.126. The highest BCUT2D eigenvalue weighted by molar-refractivity contribution is 6.07. The number of dihydropyridines is 1. The molecule has 0 radical (unpaired) electrons. The third-order valence-corrected chi connectivity index (χ3v) is 4.20.